The monoisotopic (exact) mass is 155 g/mol. The van der Waals surface area contributed by atoms with E-state index in [0.29, 0.717) is 12.5 Å². The topological polar surface area (TPSA) is 40.5 Å². The molecule has 1 N–H and O–H groups in total. The van der Waals surface area contributed by atoms with Gasteiger partial charge in [0.15, 0.2) is 0 Å². The fourth-order valence-corrected chi connectivity index (χ4v) is 2.07. The van der Waals surface area contributed by atoms with Crippen molar-refractivity contribution in [2.75, 3.05) is 6.54 Å². The van der Waals surface area contributed by atoms with Gasteiger partial charge < -0.3 is 10.0 Å². The highest BCUT2D eigenvalue weighted by Crippen LogP contribution is 2.27. The van der Waals surface area contributed by atoms with Gasteiger partial charge in [-0.2, -0.15) is 0 Å². The van der Waals surface area contributed by atoms with Gasteiger partial charge in [0.05, 0.1) is 6.10 Å². The van der Waals surface area contributed by atoms with Gasteiger partial charge in [0, 0.05) is 19.0 Å². The Morgan fingerprint density at radius 1 is 1.45 bits per heavy atom. The second-order valence-electron chi connectivity index (χ2n) is 3.46. The average molecular weight is 155 g/mol. The number of piperidine rings is 1. The number of aliphatic hydroxyl groups is 1. The molecule has 0 aromatic heterocycles. The average Bonchev–Trinajstić information content (AvgIpc) is 2.32. The molecule has 3 heteroatoms. The highest BCUT2D eigenvalue weighted by atomic mass is 16.3. The highest BCUT2D eigenvalue weighted by Gasteiger charge is 2.35. The van der Waals surface area contributed by atoms with Gasteiger partial charge in [0.1, 0.15) is 0 Å². The molecule has 0 spiro atoms. The number of amides is 1. The van der Waals surface area contributed by atoms with Crippen molar-refractivity contribution in [3.05, 3.63) is 0 Å². The third kappa shape index (κ3) is 1.13. The largest absolute Gasteiger partial charge is 0.393 e. The third-order valence-electron chi connectivity index (χ3n) is 2.70. The summed E-state index contributed by atoms with van der Waals surface area (Å²) in [6, 6.07) is 0.353. The number of fused-ring (bicyclic) bond motifs is 1. The van der Waals surface area contributed by atoms with Crippen molar-refractivity contribution in [3.63, 3.8) is 0 Å². The molecule has 0 unspecified atom stereocenters. The molecule has 2 rings (SSSR count). The fraction of sp³-hybridized carbons (Fsp3) is 0.875. The second kappa shape index (κ2) is 2.48. The van der Waals surface area contributed by atoms with Gasteiger partial charge in [-0.3, -0.25) is 4.79 Å². The minimum Gasteiger partial charge on any atom is -0.393 e. The molecule has 11 heavy (non-hydrogen) atoms. The number of hydrogen-bond acceptors (Lipinski definition) is 2. The summed E-state index contributed by atoms with van der Waals surface area (Å²) >= 11 is 0. The highest BCUT2D eigenvalue weighted by molar-refractivity contribution is 5.78. The molecule has 3 nitrogen and oxygen atoms in total. The maximum atomic E-state index is 11.2. The smallest absolute Gasteiger partial charge is 0.222 e. The van der Waals surface area contributed by atoms with Gasteiger partial charge in [-0.1, -0.05) is 0 Å². The Morgan fingerprint density at radius 2 is 2.27 bits per heavy atom. The minimum absolute atomic E-state index is 0.165. The SMILES string of the molecule is O=C1CC[C@@H]2C[C@@H](O)CCN12. The Kier molecular flexibility index (Phi) is 1.60. The fourth-order valence-electron chi connectivity index (χ4n) is 2.07. The Labute approximate surface area is 66.0 Å². The lowest BCUT2D eigenvalue weighted by Crippen LogP contribution is -2.42. The van der Waals surface area contributed by atoms with E-state index in [1.165, 1.54) is 0 Å². The zero-order valence-corrected chi connectivity index (χ0v) is 6.49. The van der Waals surface area contributed by atoms with Gasteiger partial charge in [0.2, 0.25) is 5.91 Å². The molecule has 2 saturated heterocycles. The summed E-state index contributed by atoms with van der Waals surface area (Å²) in [5.74, 6) is 0.280. The standard InChI is InChI=1S/C8H13NO2/c10-7-3-4-9-6(5-7)1-2-8(9)11/h6-7,10H,1-5H2/t6-,7+/m1/s1. The summed E-state index contributed by atoms with van der Waals surface area (Å²) in [5, 5.41) is 9.30. The zero-order chi connectivity index (χ0) is 7.84. The summed E-state index contributed by atoms with van der Waals surface area (Å²) < 4.78 is 0. The molecule has 1 amide bonds. The molecule has 0 aromatic carbocycles. The molecule has 62 valence electrons. The maximum absolute atomic E-state index is 11.2. The lowest BCUT2D eigenvalue weighted by Gasteiger charge is -2.32. The number of nitrogens with zero attached hydrogens (tertiary/aromatic N) is 1. The lowest BCUT2D eigenvalue weighted by molar-refractivity contribution is -0.130. The molecule has 0 bridgehead atoms. The molecule has 2 aliphatic heterocycles. The molecule has 0 saturated carbocycles. The number of rotatable bonds is 0. The van der Waals surface area contributed by atoms with Crippen molar-refractivity contribution >= 4 is 5.91 Å². The summed E-state index contributed by atoms with van der Waals surface area (Å²) in [6.07, 6.45) is 3.04. The van der Waals surface area contributed by atoms with E-state index in [4.69, 9.17) is 0 Å². The van der Waals surface area contributed by atoms with Crippen LogP contribution in [-0.4, -0.2) is 34.6 Å². The van der Waals surface area contributed by atoms with E-state index in [1.807, 2.05) is 4.90 Å². The lowest BCUT2D eigenvalue weighted by atomic mass is 10.0. The molecule has 0 radical (unpaired) electrons. The van der Waals surface area contributed by atoms with Gasteiger partial charge in [-0.25, -0.2) is 0 Å². The van der Waals surface area contributed by atoms with Crippen LogP contribution in [0.15, 0.2) is 0 Å². The molecule has 0 aromatic rings. The number of carbonyl (C=O) groups excluding carboxylic acids is 1. The summed E-state index contributed by atoms with van der Waals surface area (Å²) in [4.78, 5) is 13.1. The number of aliphatic hydroxyl groups excluding tert-OH is 1. The van der Waals surface area contributed by atoms with Crippen molar-refractivity contribution in [1.82, 2.24) is 4.90 Å². The van der Waals surface area contributed by atoms with Crippen LogP contribution in [0.2, 0.25) is 0 Å². The van der Waals surface area contributed by atoms with E-state index in [-0.39, 0.29) is 12.0 Å². The Morgan fingerprint density at radius 3 is 3.09 bits per heavy atom. The minimum atomic E-state index is -0.165. The molecule has 2 atom stereocenters. The first-order valence-electron chi connectivity index (χ1n) is 4.25. The predicted molar refractivity (Wildman–Crippen MR) is 40.0 cm³/mol. The van der Waals surface area contributed by atoms with Crippen molar-refractivity contribution in [2.45, 2.75) is 37.8 Å². The van der Waals surface area contributed by atoms with E-state index in [1.54, 1.807) is 0 Å². The summed E-state index contributed by atoms with van der Waals surface area (Å²) in [5.41, 5.74) is 0. The van der Waals surface area contributed by atoms with E-state index < -0.39 is 0 Å². The van der Waals surface area contributed by atoms with Crippen LogP contribution in [0.5, 0.6) is 0 Å². The summed E-state index contributed by atoms with van der Waals surface area (Å²) in [6.45, 7) is 0.769. The molecule has 2 fully saturated rings. The molecular formula is C8H13NO2. The van der Waals surface area contributed by atoms with Crippen molar-refractivity contribution in [1.29, 1.82) is 0 Å². The van der Waals surface area contributed by atoms with Crippen LogP contribution in [0, 0.1) is 0 Å². The third-order valence-corrected chi connectivity index (χ3v) is 2.70. The van der Waals surface area contributed by atoms with Gasteiger partial charge >= 0.3 is 0 Å². The van der Waals surface area contributed by atoms with Crippen molar-refractivity contribution in [2.24, 2.45) is 0 Å². The molecular weight excluding hydrogens is 142 g/mol. The second-order valence-corrected chi connectivity index (χ2v) is 3.46. The van der Waals surface area contributed by atoms with Crippen molar-refractivity contribution < 1.29 is 9.90 Å². The quantitative estimate of drug-likeness (QED) is 0.540. The van der Waals surface area contributed by atoms with Gasteiger partial charge in [-0.05, 0) is 19.3 Å². The first-order valence-corrected chi connectivity index (χ1v) is 4.25. The number of hydrogen-bond donors (Lipinski definition) is 1. The summed E-state index contributed by atoms with van der Waals surface area (Å²) in [7, 11) is 0. The normalized spacial score (nSPS) is 37.5. The van der Waals surface area contributed by atoms with Crippen LogP contribution in [0.3, 0.4) is 0 Å². The van der Waals surface area contributed by atoms with Gasteiger partial charge in [-0.15, -0.1) is 0 Å². The first-order chi connectivity index (χ1) is 5.27. The van der Waals surface area contributed by atoms with E-state index in [2.05, 4.69) is 0 Å². The van der Waals surface area contributed by atoms with Crippen LogP contribution >= 0.6 is 0 Å². The predicted octanol–water partition coefficient (Wildman–Crippen LogP) is 0.132. The van der Waals surface area contributed by atoms with E-state index in [9.17, 15) is 9.90 Å². The zero-order valence-electron chi connectivity index (χ0n) is 6.49. The molecule has 0 aliphatic carbocycles. The van der Waals surface area contributed by atoms with E-state index in [0.717, 1.165) is 25.8 Å². The van der Waals surface area contributed by atoms with Crippen LogP contribution < -0.4 is 0 Å². The Bertz CT molecular complexity index is 181. The van der Waals surface area contributed by atoms with E-state index >= 15 is 0 Å². The van der Waals surface area contributed by atoms with Crippen LogP contribution in [0.25, 0.3) is 0 Å². The van der Waals surface area contributed by atoms with Crippen LogP contribution in [0.4, 0.5) is 0 Å². The number of carbonyl (C=O) groups is 1. The molecule has 2 aliphatic rings. The maximum Gasteiger partial charge on any atom is 0.222 e. The van der Waals surface area contributed by atoms with Gasteiger partial charge in [0.25, 0.3) is 0 Å². The van der Waals surface area contributed by atoms with Crippen LogP contribution in [-0.2, 0) is 4.79 Å². The first kappa shape index (κ1) is 7.10. The molecule has 2 heterocycles. The Balaban J connectivity index is 2.06. The van der Waals surface area contributed by atoms with Crippen molar-refractivity contribution in [3.8, 4) is 0 Å². The Hall–Kier alpha value is -0.570. The van der Waals surface area contributed by atoms with Crippen LogP contribution in [0.1, 0.15) is 25.7 Å².